The van der Waals surface area contributed by atoms with E-state index >= 15 is 0 Å². The van der Waals surface area contributed by atoms with Gasteiger partial charge in [-0.25, -0.2) is 0 Å². The first kappa shape index (κ1) is 18.5. The van der Waals surface area contributed by atoms with Gasteiger partial charge in [-0.2, -0.15) is 0 Å². The largest absolute Gasteiger partial charge is 0.493 e. The van der Waals surface area contributed by atoms with Gasteiger partial charge in [0.2, 0.25) is 5.91 Å². The average molecular weight is 359 g/mol. The molecule has 3 N–H and O–H groups in total. The van der Waals surface area contributed by atoms with Crippen LogP contribution in [0.5, 0.6) is 11.5 Å². The van der Waals surface area contributed by atoms with Crippen LogP contribution in [0.3, 0.4) is 0 Å². The van der Waals surface area contributed by atoms with Crippen molar-refractivity contribution < 1.29 is 14.3 Å². The second kappa shape index (κ2) is 9.48. The first-order chi connectivity index (χ1) is 12.1. The highest BCUT2D eigenvalue weighted by atomic mass is 32.1. The molecule has 2 rings (SSSR count). The monoisotopic (exact) mass is 359 g/mol. The van der Waals surface area contributed by atoms with E-state index in [4.69, 9.17) is 21.7 Å². The number of rotatable bonds is 6. The predicted octanol–water partition coefficient (Wildman–Crippen LogP) is 2.65. The van der Waals surface area contributed by atoms with Gasteiger partial charge in [0.1, 0.15) is 0 Å². The van der Waals surface area contributed by atoms with E-state index in [1.165, 1.54) is 0 Å². The summed E-state index contributed by atoms with van der Waals surface area (Å²) >= 11 is 5.16. The number of carbonyl (C=O) groups excluding carboxylic acids is 1. The van der Waals surface area contributed by atoms with Crippen molar-refractivity contribution in [2.24, 2.45) is 0 Å². The quantitative estimate of drug-likeness (QED) is 0.544. The lowest BCUT2D eigenvalue weighted by atomic mass is 10.1. The van der Waals surface area contributed by atoms with Gasteiger partial charge in [0, 0.05) is 18.2 Å². The first-order valence-electron chi connectivity index (χ1n) is 7.74. The first-order valence-corrected chi connectivity index (χ1v) is 8.15. The highest BCUT2D eigenvalue weighted by molar-refractivity contribution is 7.80. The number of methoxy groups -OCH3 is 2. The summed E-state index contributed by atoms with van der Waals surface area (Å²) in [6.45, 7) is 0. The second-order valence-electron chi connectivity index (χ2n) is 5.18. The lowest BCUT2D eigenvalue weighted by Crippen LogP contribution is -2.43. The Hall–Kier alpha value is -2.80. The maximum Gasteiger partial charge on any atom is 0.238 e. The molecule has 0 aliphatic heterocycles. The van der Waals surface area contributed by atoms with Crippen LogP contribution in [-0.4, -0.2) is 25.2 Å². The van der Waals surface area contributed by atoms with E-state index in [0.29, 0.717) is 30.0 Å². The minimum absolute atomic E-state index is 0.139. The smallest absolute Gasteiger partial charge is 0.238 e. The van der Waals surface area contributed by atoms with E-state index in [1.54, 1.807) is 32.4 Å². The predicted molar refractivity (Wildman–Crippen MR) is 102 cm³/mol. The molecule has 2 aromatic carbocycles. The molecule has 25 heavy (non-hydrogen) atoms. The average Bonchev–Trinajstić information content (AvgIpc) is 2.65. The highest BCUT2D eigenvalue weighted by Gasteiger charge is 2.07. The fourth-order valence-electron chi connectivity index (χ4n) is 2.17. The SMILES string of the molecule is COc1ccc(NC(=S)NNC(=O)CCc2ccccc2)cc1OC. The molecule has 0 spiro atoms. The minimum Gasteiger partial charge on any atom is -0.493 e. The number of ether oxygens (including phenoxy) is 2. The molecule has 0 bridgehead atoms. The van der Waals surface area contributed by atoms with Gasteiger partial charge in [0.25, 0.3) is 0 Å². The lowest BCUT2D eigenvalue weighted by Gasteiger charge is -2.13. The molecular formula is C18H21N3O3S. The van der Waals surface area contributed by atoms with Gasteiger partial charge in [-0.15, -0.1) is 0 Å². The number of carbonyl (C=O) groups is 1. The Morgan fingerprint density at radius 3 is 2.40 bits per heavy atom. The van der Waals surface area contributed by atoms with Crippen molar-refractivity contribution >= 4 is 28.9 Å². The zero-order valence-electron chi connectivity index (χ0n) is 14.2. The van der Waals surface area contributed by atoms with Crippen LogP contribution >= 0.6 is 12.2 Å². The number of hydrazine groups is 1. The zero-order chi connectivity index (χ0) is 18.1. The van der Waals surface area contributed by atoms with Crippen molar-refractivity contribution in [1.82, 2.24) is 10.9 Å². The number of hydrogen-bond acceptors (Lipinski definition) is 4. The Morgan fingerprint density at radius 1 is 1.00 bits per heavy atom. The Kier molecular flexibility index (Phi) is 7.03. The second-order valence-corrected chi connectivity index (χ2v) is 5.59. The van der Waals surface area contributed by atoms with E-state index < -0.39 is 0 Å². The maximum atomic E-state index is 11.9. The van der Waals surface area contributed by atoms with Crippen molar-refractivity contribution in [1.29, 1.82) is 0 Å². The van der Waals surface area contributed by atoms with E-state index in [0.717, 1.165) is 5.56 Å². The summed E-state index contributed by atoms with van der Waals surface area (Å²) in [4.78, 5) is 11.9. The van der Waals surface area contributed by atoms with Gasteiger partial charge >= 0.3 is 0 Å². The Balaban J connectivity index is 1.77. The summed E-state index contributed by atoms with van der Waals surface area (Å²) in [5, 5.41) is 3.25. The summed E-state index contributed by atoms with van der Waals surface area (Å²) in [5.41, 5.74) is 7.09. The molecule has 132 valence electrons. The fourth-order valence-corrected chi connectivity index (χ4v) is 2.34. The molecule has 2 aromatic rings. The molecule has 0 radical (unpaired) electrons. The number of anilines is 1. The van der Waals surface area contributed by atoms with Crippen LogP contribution in [0.2, 0.25) is 0 Å². The number of amides is 1. The topological polar surface area (TPSA) is 71.6 Å². The van der Waals surface area contributed by atoms with Crippen LogP contribution in [0.4, 0.5) is 5.69 Å². The van der Waals surface area contributed by atoms with Crippen molar-refractivity contribution in [2.45, 2.75) is 12.8 Å². The van der Waals surface area contributed by atoms with Gasteiger partial charge in [-0.1, -0.05) is 30.3 Å². The van der Waals surface area contributed by atoms with E-state index in [-0.39, 0.29) is 11.0 Å². The summed E-state index contributed by atoms with van der Waals surface area (Å²) < 4.78 is 10.4. The molecule has 6 nitrogen and oxygen atoms in total. The molecule has 0 fully saturated rings. The van der Waals surface area contributed by atoms with Crippen LogP contribution in [0.1, 0.15) is 12.0 Å². The van der Waals surface area contributed by atoms with Gasteiger partial charge in [0.05, 0.1) is 14.2 Å². The maximum absolute atomic E-state index is 11.9. The van der Waals surface area contributed by atoms with E-state index in [2.05, 4.69) is 16.2 Å². The third kappa shape index (κ3) is 5.96. The molecule has 1 amide bonds. The third-order valence-corrected chi connectivity index (χ3v) is 3.64. The molecule has 0 saturated heterocycles. The van der Waals surface area contributed by atoms with Crippen LogP contribution in [0.15, 0.2) is 48.5 Å². The standard InChI is InChI=1S/C18H21N3O3S/c1-23-15-10-9-14(12-16(15)24-2)19-18(25)21-20-17(22)11-8-13-6-4-3-5-7-13/h3-7,9-10,12H,8,11H2,1-2H3,(H,20,22)(H2,19,21,25). The Bertz CT molecular complexity index is 723. The fraction of sp³-hybridized carbons (Fsp3) is 0.222. The van der Waals surface area contributed by atoms with Gasteiger partial charge in [-0.05, 0) is 36.3 Å². The summed E-state index contributed by atoms with van der Waals surface area (Å²) in [5.74, 6) is 1.07. The normalized spacial score (nSPS) is 9.84. The summed E-state index contributed by atoms with van der Waals surface area (Å²) in [7, 11) is 3.13. The molecule has 0 heterocycles. The van der Waals surface area contributed by atoms with Crippen LogP contribution in [0.25, 0.3) is 0 Å². The molecule has 0 saturated carbocycles. The summed E-state index contributed by atoms with van der Waals surface area (Å²) in [6, 6.07) is 15.2. The van der Waals surface area contributed by atoms with Crippen molar-refractivity contribution in [3.8, 4) is 11.5 Å². The van der Waals surface area contributed by atoms with Gasteiger partial charge in [-0.3, -0.25) is 15.6 Å². The van der Waals surface area contributed by atoms with Crippen molar-refractivity contribution in [3.05, 3.63) is 54.1 Å². The van der Waals surface area contributed by atoms with E-state index in [1.807, 2.05) is 30.3 Å². The number of nitrogens with one attached hydrogen (secondary N) is 3. The van der Waals surface area contributed by atoms with Crippen LogP contribution < -0.4 is 25.6 Å². The van der Waals surface area contributed by atoms with Gasteiger partial charge in [0.15, 0.2) is 16.6 Å². The molecular weight excluding hydrogens is 338 g/mol. The van der Waals surface area contributed by atoms with Gasteiger partial charge < -0.3 is 14.8 Å². The lowest BCUT2D eigenvalue weighted by molar-refractivity contribution is -0.121. The molecule has 0 atom stereocenters. The minimum atomic E-state index is -0.139. The van der Waals surface area contributed by atoms with Crippen molar-refractivity contribution in [3.63, 3.8) is 0 Å². The zero-order valence-corrected chi connectivity index (χ0v) is 15.0. The van der Waals surface area contributed by atoms with Crippen molar-refractivity contribution in [2.75, 3.05) is 19.5 Å². The molecule has 0 unspecified atom stereocenters. The number of hydrogen-bond donors (Lipinski definition) is 3. The van der Waals surface area contributed by atoms with E-state index in [9.17, 15) is 4.79 Å². The highest BCUT2D eigenvalue weighted by Crippen LogP contribution is 2.29. The molecule has 0 aliphatic rings. The Labute approximate surface area is 152 Å². The molecule has 7 heteroatoms. The number of benzene rings is 2. The third-order valence-electron chi connectivity index (χ3n) is 3.44. The molecule has 0 aliphatic carbocycles. The molecule has 0 aromatic heterocycles. The number of thiocarbonyl (C=S) groups is 1. The van der Waals surface area contributed by atoms with Crippen LogP contribution in [-0.2, 0) is 11.2 Å². The summed E-state index contributed by atoms with van der Waals surface area (Å²) in [6.07, 6.45) is 1.04. The number of aryl methyl sites for hydroxylation is 1. The Morgan fingerprint density at radius 2 is 1.72 bits per heavy atom. The van der Waals surface area contributed by atoms with Crippen LogP contribution in [0, 0.1) is 0 Å².